The molecule has 2 atom stereocenters. The van der Waals surface area contributed by atoms with Gasteiger partial charge in [-0.3, -0.25) is 14.7 Å². The van der Waals surface area contributed by atoms with Gasteiger partial charge in [-0.05, 0) is 63.3 Å². The molecule has 2 aromatic rings. The van der Waals surface area contributed by atoms with E-state index in [0.29, 0.717) is 18.4 Å². The third-order valence-electron chi connectivity index (χ3n) is 6.25. The fraction of sp³-hybridized carbons (Fsp3) is 0.346. The number of aromatic amines is 1. The summed E-state index contributed by atoms with van der Waals surface area (Å²) in [5.74, 6) is 0. The number of hydrogen-bond acceptors (Lipinski definition) is 4. The number of hydrogen-bond donors (Lipinski definition) is 1. The van der Waals surface area contributed by atoms with Crippen molar-refractivity contribution in [2.75, 3.05) is 0 Å². The van der Waals surface area contributed by atoms with Crippen LogP contribution in [0.25, 0.3) is 16.5 Å². The smallest absolute Gasteiger partial charge is 0.411 e. The summed E-state index contributed by atoms with van der Waals surface area (Å²) in [6, 6.07) is 3.61. The number of allylic oxidation sites excluding steroid dienone is 4. The lowest BCUT2D eigenvalue weighted by Gasteiger charge is -2.36. The van der Waals surface area contributed by atoms with E-state index in [2.05, 4.69) is 22.6 Å². The molecule has 0 spiro atoms. The number of H-pyrrole nitrogens is 1. The molecular weight excluding hydrogens is 402 g/mol. The Balaban J connectivity index is 1.64. The molecule has 2 aromatic heterocycles. The molecule has 0 bridgehead atoms. The Morgan fingerprint density at radius 2 is 2.19 bits per heavy atom. The average molecular weight is 432 g/mol. The maximum Gasteiger partial charge on any atom is 0.411 e. The Morgan fingerprint density at radius 1 is 1.38 bits per heavy atom. The second-order valence-electron chi connectivity index (χ2n) is 8.82. The van der Waals surface area contributed by atoms with Gasteiger partial charge in [0.05, 0.1) is 17.8 Å². The largest absolute Gasteiger partial charge is 0.441 e. The van der Waals surface area contributed by atoms with Crippen LogP contribution >= 0.6 is 0 Å². The van der Waals surface area contributed by atoms with Gasteiger partial charge in [0.1, 0.15) is 5.60 Å². The molecule has 1 fully saturated rings. The molecule has 0 radical (unpaired) electrons. The quantitative estimate of drug-likeness (QED) is 0.665. The number of amides is 1. The van der Waals surface area contributed by atoms with Gasteiger partial charge in [0.2, 0.25) is 0 Å². The van der Waals surface area contributed by atoms with E-state index in [0.717, 1.165) is 28.5 Å². The van der Waals surface area contributed by atoms with Gasteiger partial charge in [0.15, 0.2) is 0 Å². The standard InChI is InChI=1S/C26H29N3O3/c1-5-7-18(8-6-2)23-26(3,4)32-25(31)29(23)20-11-9-17(10-12-20)21-15-19-13-14-27-16-22(19)28-24(21)30/h5-9,13-16,20,23H,1,10-12H2,2-4H3,(H,28,30)/b8-6-,18-7+. The van der Waals surface area contributed by atoms with Crippen molar-refractivity contribution >= 4 is 22.6 Å². The van der Waals surface area contributed by atoms with Crippen molar-refractivity contribution in [1.82, 2.24) is 14.9 Å². The molecule has 6 nitrogen and oxygen atoms in total. The molecule has 0 aromatic carbocycles. The molecular formula is C26H29N3O3. The van der Waals surface area contributed by atoms with E-state index in [1.807, 2.05) is 56.0 Å². The number of nitrogens with one attached hydrogen (secondary N) is 1. The summed E-state index contributed by atoms with van der Waals surface area (Å²) in [5, 5.41) is 0.952. The molecule has 1 aliphatic carbocycles. The Bertz CT molecular complexity index is 1200. The number of nitrogens with zero attached hydrogens (tertiary/aromatic N) is 2. The lowest BCUT2D eigenvalue weighted by Crippen LogP contribution is -2.48. The van der Waals surface area contributed by atoms with Crippen LogP contribution in [0.5, 0.6) is 0 Å². The zero-order valence-corrected chi connectivity index (χ0v) is 18.8. The first-order valence-electron chi connectivity index (χ1n) is 11.0. The summed E-state index contributed by atoms with van der Waals surface area (Å²) in [6.07, 6.45) is 15.0. The van der Waals surface area contributed by atoms with Gasteiger partial charge in [-0.25, -0.2) is 4.79 Å². The van der Waals surface area contributed by atoms with Crippen molar-refractivity contribution in [3.05, 3.63) is 83.0 Å². The molecule has 2 aliphatic rings. The highest BCUT2D eigenvalue weighted by Gasteiger charge is 2.51. The second kappa shape index (κ2) is 8.61. The fourth-order valence-electron chi connectivity index (χ4n) is 4.86. The second-order valence-corrected chi connectivity index (χ2v) is 8.82. The predicted molar refractivity (Wildman–Crippen MR) is 127 cm³/mol. The van der Waals surface area contributed by atoms with Gasteiger partial charge in [0.25, 0.3) is 5.56 Å². The van der Waals surface area contributed by atoms with E-state index in [9.17, 15) is 9.59 Å². The van der Waals surface area contributed by atoms with E-state index in [4.69, 9.17) is 4.74 Å². The van der Waals surface area contributed by atoms with Crippen LogP contribution in [0.2, 0.25) is 0 Å². The zero-order chi connectivity index (χ0) is 22.9. The molecule has 2 unspecified atom stereocenters. The third-order valence-corrected chi connectivity index (χ3v) is 6.25. The summed E-state index contributed by atoms with van der Waals surface area (Å²) in [5.41, 5.74) is 2.65. The maximum absolute atomic E-state index is 12.9. The number of fused-ring (bicyclic) bond motifs is 1. The van der Waals surface area contributed by atoms with Crippen LogP contribution in [0.1, 0.15) is 45.6 Å². The fourth-order valence-corrected chi connectivity index (χ4v) is 4.86. The molecule has 1 amide bonds. The molecule has 4 rings (SSSR count). The van der Waals surface area contributed by atoms with E-state index in [1.54, 1.807) is 18.5 Å². The molecule has 166 valence electrons. The van der Waals surface area contributed by atoms with Crippen molar-refractivity contribution in [3.8, 4) is 0 Å². The predicted octanol–water partition coefficient (Wildman–Crippen LogP) is 5.15. The molecule has 32 heavy (non-hydrogen) atoms. The summed E-state index contributed by atoms with van der Waals surface area (Å²) >= 11 is 0. The SMILES string of the molecule is C=C/C=C(\C=C/C)C1N(C2CC=C(c3cc4ccncc4[nH]c3=O)CC2)C(=O)OC1(C)C. The van der Waals surface area contributed by atoms with E-state index in [-0.39, 0.29) is 23.7 Å². The molecule has 0 saturated carbocycles. The third kappa shape index (κ3) is 3.93. The minimum atomic E-state index is -0.654. The Morgan fingerprint density at radius 3 is 2.88 bits per heavy atom. The van der Waals surface area contributed by atoms with E-state index in [1.165, 1.54) is 0 Å². The van der Waals surface area contributed by atoms with Gasteiger partial charge in [-0.2, -0.15) is 0 Å². The first-order chi connectivity index (χ1) is 15.4. The van der Waals surface area contributed by atoms with Crippen LogP contribution in [-0.2, 0) is 4.74 Å². The van der Waals surface area contributed by atoms with Crippen molar-refractivity contribution < 1.29 is 9.53 Å². The topological polar surface area (TPSA) is 75.3 Å². The van der Waals surface area contributed by atoms with Crippen molar-refractivity contribution in [2.24, 2.45) is 0 Å². The summed E-state index contributed by atoms with van der Waals surface area (Å²) in [6.45, 7) is 9.68. The van der Waals surface area contributed by atoms with Crippen molar-refractivity contribution in [3.63, 3.8) is 0 Å². The van der Waals surface area contributed by atoms with Gasteiger partial charge in [-0.1, -0.05) is 37.0 Å². The lowest BCUT2D eigenvalue weighted by atomic mass is 9.86. The molecule has 6 heteroatoms. The number of aromatic nitrogens is 2. The molecule has 1 N–H and O–H groups in total. The molecule has 1 saturated heterocycles. The lowest BCUT2D eigenvalue weighted by molar-refractivity contribution is 0.0751. The first-order valence-corrected chi connectivity index (χ1v) is 11.0. The average Bonchev–Trinajstić information content (AvgIpc) is 3.01. The van der Waals surface area contributed by atoms with Crippen LogP contribution in [-0.4, -0.2) is 38.6 Å². The normalized spacial score (nSPS) is 23.5. The Kier molecular flexibility index (Phi) is 5.87. The minimum absolute atomic E-state index is 0.000217. The van der Waals surface area contributed by atoms with Gasteiger partial charge in [0, 0.05) is 23.2 Å². The number of carbonyl (C=O) groups excluding carboxylic acids is 1. The van der Waals surface area contributed by atoms with Crippen LogP contribution in [0.3, 0.4) is 0 Å². The summed E-state index contributed by atoms with van der Waals surface area (Å²) < 4.78 is 5.78. The van der Waals surface area contributed by atoms with Crippen LogP contribution in [0, 0.1) is 0 Å². The molecule has 3 heterocycles. The first kappa shape index (κ1) is 21.8. The van der Waals surface area contributed by atoms with Crippen LogP contribution < -0.4 is 5.56 Å². The Hall–Kier alpha value is -3.41. The highest BCUT2D eigenvalue weighted by Crippen LogP contribution is 2.40. The number of pyridine rings is 2. The van der Waals surface area contributed by atoms with Gasteiger partial charge < -0.3 is 9.72 Å². The zero-order valence-electron chi connectivity index (χ0n) is 18.8. The minimum Gasteiger partial charge on any atom is -0.441 e. The van der Waals surface area contributed by atoms with E-state index >= 15 is 0 Å². The number of carbonyl (C=O) groups is 1. The summed E-state index contributed by atoms with van der Waals surface area (Å²) in [4.78, 5) is 34.4. The monoisotopic (exact) mass is 431 g/mol. The highest BCUT2D eigenvalue weighted by molar-refractivity contribution is 5.82. The highest BCUT2D eigenvalue weighted by atomic mass is 16.6. The Labute approximate surface area is 188 Å². The van der Waals surface area contributed by atoms with Gasteiger partial charge in [-0.15, -0.1) is 0 Å². The van der Waals surface area contributed by atoms with Crippen molar-refractivity contribution in [1.29, 1.82) is 0 Å². The number of ether oxygens (including phenoxy) is 1. The molecule has 1 aliphatic heterocycles. The number of rotatable bonds is 5. The van der Waals surface area contributed by atoms with Crippen LogP contribution in [0.4, 0.5) is 4.79 Å². The number of cyclic esters (lactones) is 1. The van der Waals surface area contributed by atoms with E-state index < -0.39 is 5.60 Å². The maximum atomic E-state index is 12.9. The van der Waals surface area contributed by atoms with Gasteiger partial charge >= 0.3 is 6.09 Å². The van der Waals surface area contributed by atoms with Crippen LogP contribution in [0.15, 0.2) is 71.9 Å². The summed E-state index contributed by atoms with van der Waals surface area (Å²) in [7, 11) is 0. The van der Waals surface area contributed by atoms with Crippen molar-refractivity contribution in [2.45, 2.75) is 57.7 Å².